The number of pyridine rings is 1. The van der Waals surface area contributed by atoms with E-state index in [0.29, 0.717) is 4.99 Å². The first-order chi connectivity index (χ1) is 8.54. The zero-order valence-corrected chi connectivity index (χ0v) is 12.2. The van der Waals surface area contributed by atoms with Gasteiger partial charge in [0.25, 0.3) is 0 Å². The molecule has 2 aromatic rings. The van der Waals surface area contributed by atoms with Gasteiger partial charge in [0.2, 0.25) is 0 Å². The predicted molar refractivity (Wildman–Crippen MR) is 82.3 cm³/mol. The number of halogens is 1. The van der Waals surface area contributed by atoms with Crippen LogP contribution in [0.2, 0.25) is 0 Å². The van der Waals surface area contributed by atoms with Crippen molar-refractivity contribution in [1.82, 2.24) is 4.98 Å². The van der Waals surface area contributed by atoms with Gasteiger partial charge in [0, 0.05) is 21.9 Å². The van der Waals surface area contributed by atoms with Crippen LogP contribution in [0.3, 0.4) is 0 Å². The normalized spacial score (nSPS) is 10.1. The van der Waals surface area contributed by atoms with Gasteiger partial charge in [-0.25, -0.2) is 4.98 Å². The Morgan fingerprint density at radius 3 is 2.67 bits per heavy atom. The molecule has 3 nitrogen and oxygen atoms in total. The van der Waals surface area contributed by atoms with Crippen LogP contribution >= 0.6 is 28.1 Å². The Labute approximate surface area is 120 Å². The molecule has 0 aliphatic carbocycles. The Hall–Kier alpha value is -1.46. The van der Waals surface area contributed by atoms with E-state index in [-0.39, 0.29) is 0 Å². The SMILES string of the molecule is Cc1cc(Br)cc(Nc2ccc(C(N)=S)cn2)c1. The summed E-state index contributed by atoms with van der Waals surface area (Å²) in [6, 6.07) is 9.80. The molecule has 0 radical (unpaired) electrons. The molecule has 5 heteroatoms. The zero-order valence-electron chi connectivity index (χ0n) is 9.77. The maximum absolute atomic E-state index is 5.52. The molecule has 0 unspecified atom stereocenters. The van der Waals surface area contributed by atoms with Gasteiger partial charge in [-0.1, -0.05) is 28.1 Å². The van der Waals surface area contributed by atoms with Crippen molar-refractivity contribution in [2.45, 2.75) is 6.92 Å². The first-order valence-electron chi connectivity index (χ1n) is 5.34. The highest BCUT2D eigenvalue weighted by atomic mass is 79.9. The highest BCUT2D eigenvalue weighted by Gasteiger charge is 2.00. The van der Waals surface area contributed by atoms with Gasteiger partial charge >= 0.3 is 0 Å². The van der Waals surface area contributed by atoms with E-state index in [2.05, 4.69) is 32.3 Å². The standard InChI is InChI=1S/C13H12BrN3S/c1-8-4-10(14)6-11(5-8)17-12-3-2-9(7-16-12)13(15)18/h2-7H,1H3,(H2,15,18)(H,16,17). The van der Waals surface area contributed by atoms with Crippen molar-refractivity contribution in [2.24, 2.45) is 5.73 Å². The first kappa shape index (κ1) is 13.0. The summed E-state index contributed by atoms with van der Waals surface area (Å²) in [6.45, 7) is 2.04. The molecule has 0 fully saturated rings. The van der Waals surface area contributed by atoms with Crippen LogP contribution in [0, 0.1) is 6.92 Å². The average molecular weight is 322 g/mol. The Balaban J connectivity index is 2.20. The van der Waals surface area contributed by atoms with E-state index in [1.54, 1.807) is 6.20 Å². The number of rotatable bonds is 3. The first-order valence-corrected chi connectivity index (χ1v) is 6.55. The summed E-state index contributed by atoms with van der Waals surface area (Å²) in [5.74, 6) is 0.757. The molecule has 18 heavy (non-hydrogen) atoms. The molecule has 3 N–H and O–H groups in total. The number of aryl methyl sites for hydroxylation is 1. The molecule has 1 aromatic carbocycles. The molecule has 0 spiro atoms. The van der Waals surface area contributed by atoms with Crippen molar-refractivity contribution in [2.75, 3.05) is 5.32 Å². The smallest absolute Gasteiger partial charge is 0.130 e. The second-order valence-electron chi connectivity index (χ2n) is 3.94. The van der Waals surface area contributed by atoms with Gasteiger partial charge < -0.3 is 11.1 Å². The molecule has 0 amide bonds. The summed E-state index contributed by atoms with van der Waals surface area (Å²) in [5.41, 5.74) is 8.44. The van der Waals surface area contributed by atoms with E-state index in [9.17, 15) is 0 Å². The lowest BCUT2D eigenvalue weighted by molar-refractivity contribution is 1.29. The number of nitrogens with zero attached hydrogens (tertiary/aromatic N) is 1. The summed E-state index contributed by atoms with van der Waals surface area (Å²) in [6.07, 6.45) is 1.66. The van der Waals surface area contributed by atoms with Gasteiger partial charge in [-0.2, -0.15) is 0 Å². The lowest BCUT2D eigenvalue weighted by atomic mass is 10.2. The molecule has 92 valence electrons. The van der Waals surface area contributed by atoms with Crippen LogP contribution in [0.5, 0.6) is 0 Å². The van der Waals surface area contributed by atoms with E-state index in [1.807, 2.05) is 31.2 Å². The Morgan fingerprint density at radius 2 is 2.11 bits per heavy atom. The van der Waals surface area contributed by atoms with Gasteiger partial charge in [-0.3, -0.25) is 0 Å². The number of nitrogens with two attached hydrogens (primary N) is 1. The summed E-state index contributed by atoms with van der Waals surface area (Å²) in [7, 11) is 0. The number of hydrogen-bond donors (Lipinski definition) is 2. The third kappa shape index (κ3) is 3.27. The fourth-order valence-electron chi connectivity index (χ4n) is 1.57. The largest absolute Gasteiger partial charge is 0.389 e. The topological polar surface area (TPSA) is 50.9 Å². The second kappa shape index (κ2) is 5.46. The van der Waals surface area contributed by atoms with E-state index in [4.69, 9.17) is 18.0 Å². The lowest BCUT2D eigenvalue weighted by Gasteiger charge is -2.07. The van der Waals surface area contributed by atoms with Crippen LogP contribution < -0.4 is 11.1 Å². The van der Waals surface area contributed by atoms with Crippen molar-refractivity contribution >= 4 is 44.6 Å². The third-order valence-electron chi connectivity index (χ3n) is 2.36. The minimum Gasteiger partial charge on any atom is -0.389 e. The van der Waals surface area contributed by atoms with Crippen LogP contribution in [0.15, 0.2) is 41.0 Å². The van der Waals surface area contributed by atoms with Crippen LogP contribution in [0.4, 0.5) is 11.5 Å². The third-order valence-corrected chi connectivity index (χ3v) is 3.06. The van der Waals surface area contributed by atoms with Crippen LogP contribution in [-0.4, -0.2) is 9.97 Å². The van der Waals surface area contributed by atoms with E-state index >= 15 is 0 Å². The van der Waals surface area contributed by atoms with Gasteiger partial charge in [-0.15, -0.1) is 0 Å². The maximum Gasteiger partial charge on any atom is 0.130 e. The Bertz CT molecular complexity index is 561. The molecule has 0 saturated carbocycles. The van der Waals surface area contributed by atoms with E-state index in [0.717, 1.165) is 21.5 Å². The molecule has 0 aliphatic heterocycles. The summed E-state index contributed by atoms with van der Waals surface area (Å²) >= 11 is 8.34. The van der Waals surface area contributed by atoms with Crippen molar-refractivity contribution in [3.05, 3.63) is 52.1 Å². The number of nitrogens with one attached hydrogen (secondary N) is 1. The minimum atomic E-state index is 0.354. The zero-order chi connectivity index (χ0) is 13.1. The van der Waals surface area contributed by atoms with Gasteiger partial charge in [0.15, 0.2) is 0 Å². The number of anilines is 2. The van der Waals surface area contributed by atoms with Crippen molar-refractivity contribution in [1.29, 1.82) is 0 Å². The molecule has 2 rings (SSSR count). The Morgan fingerprint density at radius 1 is 1.33 bits per heavy atom. The van der Waals surface area contributed by atoms with Gasteiger partial charge in [0.1, 0.15) is 10.8 Å². The monoisotopic (exact) mass is 321 g/mol. The van der Waals surface area contributed by atoms with Crippen molar-refractivity contribution in [3.8, 4) is 0 Å². The van der Waals surface area contributed by atoms with Crippen LogP contribution in [0.1, 0.15) is 11.1 Å². The quantitative estimate of drug-likeness (QED) is 0.849. The van der Waals surface area contributed by atoms with Crippen LogP contribution in [-0.2, 0) is 0 Å². The minimum absolute atomic E-state index is 0.354. The molecule has 0 atom stereocenters. The number of benzene rings is 1. The van der Waals surface area contributed by atoms with E-state index in [1.165, 1.54) is 5.56 Å². The highest BCUT2D eigenvalue weighted by Crippen LogP contribution is 2.21. The van der Waals surface area contributed by atoms with Gasteiger partial charge in [-0.05, 0) is 42.8 Å². The lowest BCUT2D eigenvalue weighted by Crippen LogP contribution is -2.09. The predicted octanol–water partition coefficient (Wildman–Crippen LogP) is 3.53. The molecule has 1 heterocycles. The molecular formula is C13H12BrN3S. The van der Waals surface area contributed by atoms with Gasteiger partial charge in [0.05, 0.1) is 0 Å². The Kier molecular flexibility index (Phi) is 3.93. The number of hydrogen-bond acceptors (Lipinski definition) is 3. The maximum atomic E-state index is 5.52. The molecule has 0 saturated heterocycles. The number of aromatic nitrogens is 1. The molecular weight excluding hydrogens is 310 g/mol. The molecule has 0 aliphatic rings. The van der Waals surface area contributed by atoms with Crippen molar-refractivity contribution in [3.63, 3.8) is 0 Å². The summed E-state index contributed by atoms with van der Waals surface area (Å²) < 4.78 is 1.03. The fourth-order valence-corrected chi connectivity index (χ4v) is 2.30. The summed E-state index contributed by atoms with van der Waals surface area (Å²) in [5, 5.41) is 3.23. The second-order valence-corrected chi connectivity index (χ2v) is 5.29. The highest BCUT2D eigenvalue weighted by molar-refractivity contribution is 9.10. The molecule has 1 aromatic heterocycles. The molecule has 0 bridgehead atoms. The van der Waals surface area contributed by atoms with Crippen LogP contribution in [0.25, 0.3) is 0 Å². The summed E-state index contributed by atoms with van der Waals surface area (Å²) in [4.78, 5) is 4.61. The van der Waals surface area contributed by atoms with E-state index < -0.39 is 0 Å². The number of thiocarbonyl (C=S) groups is 1. The van der Waals surface area contributed by atoms with Crippen molar-refractivity contribution < 1.29 is 0 Å². The average Bonchev–Trinajstić information content (AvgIpc) is 2.28. The fraction of sp³-hybridized carbons (Fsp3) is 0.0769.